The van der Waals surface area contributed by atoms with Crippen molar-refractivity contribution < 1.29 is 14.4 Å². The number of para-hydroxylation sites is 1. The second kappa shape index (κ2) is 9.23. The summed E-state index contributed by atoms with van der Waals surface area (Å²) >= 11 is 0. The average molecular weight is 479 g/mol. The van der Waals surface area contributed by atoms with Gasteiger partial charge in [-0.1, -0.05) is 18.2 Å². The number of nitrogens with zero attached hydrogens (tertiary/aromatic N) is 3. The lowest BCUT2D eigenvalue weighted by Gasteiger charge is -2.55. The standard InChI is InChI=1S/C28H38N4O3/c33-25-16-24(29-27(35)28-17-20-13-21(18-28)15-22(14-20)19-28)26(34)32(25)8-4-7-30-9-11-31(12-10-30)23-5-2-1-3-6-23/h1-3,5-6,20-22,24H,4,7-19H2,(H,29,35)/t20?,21?,22?,24-,28?/m0/s1. The maximum Gasteiger partial charge on any atom is 0.252 e. The number of piperazine rings is 1. The zero-order valence-corrected chi connectivity index (χ0v) is 20.7. The second-order valence-corrected chi connectivity index (χ2v) is 11.8. The molecule has 7 heteroatoms. The number of benzene rings is 1. The van der Waals surface area contributed by atoms with Crippen LogP contribution in [0.5, 0.6) is 0 Å². The normalized spacial score (nSPS) is 34.6. The summed E-state index contributed by atoms with van der Waals surface area (Å²) < 4.78 is 0. The minimum atomic E-state index is -0.669. The van der Waals surface area contributed by atoms with Crippen molar-refractivity contribution >= 4 is 23.4 Å². The van der Waals surface area contributed by atoms with Crippen molar-refractivity contribution in [2.45, 2.75) is 57.4 Å². The Balaban J connectivity index is 0.971. The van der Waals surface area contributed by atoms with E-state index in [-0.39, 0.29) is 29.6 Å². The van der Waals surface area contributed by atoms with Gasteiger partial charge < -0.3 is 10.2 Å². The van der Waals surface area contributed by atoms with Gasteiger partial charge in [0.25, 0.3) is 5.91 Å². The van der Waals surface area contributed by atoms with Gasteiger partial charge in [0.2, 0.25) is 11.8 Å². The molecule has 1 aromatic rings. The molecular formula is C28H38N4O3. The summed E-state index contributed by atoms with van der Waals surface area (Å²) in [7, 11) is 0. The fourth-order valence-electron chi connectivity index (χ4n) is 8.05. The highest BCUT2D eigenvalue weighted by atomic mass is 16.2. The van der Waals surface area contributed by atoms with Gasteiger partial charge in [-0.15, -0.1) is 0 Å². The van der Waals surface area contributed by atoms with E-state index in [1.165, 1.54) is 29.8 Å². The van der Waals surface area contributed by atoms with Crippen molar-refractivity contribution in [3.05, 3.63) is 30.3 Å². The van der Waals surface area contributed by atoms with Gasteiger partial charge in [0.05, 0.1) is 6.42 Å². The highest BCUT2D eigenvalue weighted by Crippen LogP contribution is 2.60. The number of imide groups is 1. The van der Waals surface area contributed by atoms with Crippen molar-refractivity contribution in [3.8, 4) is 0 Å². The Morgan fingerprint density at radius 2 is 1.51 bits per heavy atom. The van der Waals surface area contributed by atoms with Crippen LogP contribution in [-0.2, 0) is 14.4 Å². The molecule has 4 bridgehead atoms. The third kappa shape index (κ3) is 4.48. The molecule has 0 aromatic heterocycles. The van der Waals surface area contributed by atoms with E-state index in [0.717, 1.165) is 58.4 Å². The lowest BCUT2D eigenvalue weighted by Crippen LogP contribution is -2.56. The van der Waals surface area contributed by atoms with Crippen LogP contribution in [0.25, 0.3) is 0 Å². The molecule has 4 aliphatic carbocycles. The molecule has 2 saturated heterocycles. The molecule has 6 fully saturated rings. The number of rotatable bonds is 7. The van der Waals surface area contributed by atoms with Crippen LogP contribution in [0.4, 0.5) is 5.69 Å². The summed E-state index contributed by atoms with van der Waals surface area (Å²) in [5, 5.41) is 3.04. The van der Waals surface area contributed by atoms with Gasteiger partial charge in [-0.3, -0.25) is 24.2 Å². The van der Waals surface area contributed by atoms with Gasteiger partial charge in [0.1, 0.15) is 6.04 Å². The smallest absolute Gasteiger partial charge is 0.252 e. The molecule has 1 N–H and O–H groups in total. The van der Waals surface area contributed by atoms with E-state index in [1.807, 2.05) is 6.07 Å². The summed E-state index contributed by atoms with van der Waals surface area (Å²) in [5.74, 6) is 1.74. The van der Waals surface area contributed by atoms with Gasteiger partial charge in [-0.25, -0.2) is 0 Å². The zero-order valence-electron chi connectivity index (χ0n) is 20.7. The van der Waals surface area contributed by atoms with Crippen molar-refractivity contribution in [2.75, 3.05) is 44.2 Å². The van der Waals surface area contributed by atoms with Gasteiger partial charge in [0.15, 0.2) is 0 Å². The Bertz CT molecular complexity index is 936. The van der Waals surface area contributed by atoms with Crippen LogP contribution >= 0.6 is 0 Å². The summed E-state index contributed by atoms with van der Waals surface area (Å²) in [6.45, 7) is 5.28. The van der Waals surface area contributed by atoms with Gasteiger partial charge >= 0.3 is 0 Å². The van der Waals surface area contributed by atoms with E-state index in [9.17, 15) is 14.4 Å². The van der Waals surface area contributed by atoms with Crippen LogP contribution in [0.15, 0.2) is 30.3 Å². The first-order valence-electron chi connectivity index (χ1n) is 13.7. The number of carbonyl (C=O) groups excluding carboxylic acids is 3. The van der Waals surface area contributed by atoms with Crippen LogP contribution in [0.1, 0.15) is 51.4 Å². The quantitative estimate of drug-likeness (QED) is 0.610. The van der Waals surface area contributed by atoms with Gasteiger partial charge in [-0.05, 0) is 81.4 Å². The van der Waals surface area contributed by atoms with E-state index in [4.69, 9.17) is 0 Å². The van der Waals surface area contributed by atoms with Crippen molar-refractivity contribution in [3.63, 3.8) is 0 Å². The van der Waals surface area contributed by atoms with Gasteiger partial charge in [0, 0.05) is 43.8 Å². The first kappa shape index (κ1) is 23.0. The Kier molecular flexibility index (Phi) is 6.07. The summed E-state index contributed by atoms with van der Waals surface area (Å²) in [6, 6.07) is 9.82. The van der Waals surface area contributed by atoms with Crippen LogP contribution in [0.3, 0.4) is 0 Å². The predicted molar refractivity (Wildman–Crippen MR) is 134 cm³/mol. The van der Waals surface area contributed by atoms with Gasteiger partial charge in [-0.2, -0.15) is 0 Å². The number of likely N-dealkylation sites (tertiary alicyclic amines) is 1. The maximum atomic E-state index is 13.4. The van der Waals surface area contributed by atoms with Crippen LogP contribution in [0.2, 0.25) is 0 Å². The van der Waals surface area contributed by atoms with Crippen LogP contribution < -0.4 is 10.2 Å². The van der Waals surface area contributed by atoms with E-state index in [2.05, 4.69) is 39.4 Å². The Morgan fingerprint density at radius 1 is 0.886 bits per heavy atom. The number of carbonyl (C=O) groups is 3. The zero-order chi connectivity index (χ0) is 24.0. The first-order valence-corrected chi connectivity index (χ1v) is 13.7. The summed E-state index contributed by atoms with van der Waals surface area (Å²) in [6.07, 6.45) is 7.65. The molecule has 0 radical (unpaired) electrons. The lowest BCUT2D eigenvalue weighted by atomic mass is 9.49. The Hall–Kier alpha value is -2.41. The third-order valence-corrected chi connectivity index (χ3v) is 9.42. The van der Waals surface area contributed by atoms with E-state index >= 15 is 0 Å². The molecule has 7 nitrogen and oxygen atoms in total. The Labute approximate surface area is 208 Å². The van der Waals surface area contributed by atoms with Crippen molar-refractivity contribution in [1.82, 2.24) is 15.1 Å². The van der Waals surface area contributed by atoms with E-state index in [0.29, 0.717) is 24.3 Å². The number of amides is 3. The number of hydrogen-bond donors (Lipinski definition) is 1. The molecule has 3 amide bonds. The van der Waals surface area contributed by atoms with E-state index < -0.39 is 6.04 Å². The number of hydrogen-bond acceptors (Lipinski definition) is 5. The maximum absolute atomic E-state index is 13.4. The number of nitrogens with one attached hydrogen (secondary N) is 1. The first-order chi connectivity index (χ1) is 17.0. The molecule has 0 spiro atoms. The monoisotopic (exact) mass is 478 g/mol. The minimum Gasteiger partial charge on any atom is -0.369 e. The average Bonchev–Trinajstić information content (AvgIpc) is 3.11. The third-order valence-electron chi connectivity index (χ3n) is 9.42. The summed E-state index contributed by atoms with van der Waals surface area (Å²) in [4.78, 5) is 45.2. The van der Waals surface area contributed by atoms with Crippen LogP contribution in [0, 0.1) is 23.2 Å². The molecule has 1 atom stereocenters. The SMILES string of the molecule is O=C1C[C@H](NC(=O)C23CC4CC(CC(C4)C2)C3)C(=O)N1CCCN1CCN(c2ccccc2)CC1. The highest BCUT2D eigenvalue weighted by molar-refractivity contribution is 6.07. The Morgan fingerprint density at radius 3 is 2.14 bits per heavy atom. The number of anilines is 1. The predicted octanol–water partition coefficient (Wildman–Crippen LogP) is 2.66. The minimum absolute atomic E-state index is 0.0425. The molecule has 188 valence electrons. The molecule has 6 aliphatic rings. The molecule has 2 heterocycles. The fraction of sp³-hybridized carbons (Fsp3) is 0.679. The molecule has 7 rings (SSSR count). The largest absolute Gasteiger partial charge is 0.369 e. The molecule has 2 aliphatic heterocycles. The second-order valence-electron chi connectivity index (χ2n) is 11.8. The highest BCUT2D eigenvalue weighted by Gasteiger charge is 2.55. The fourth-order valence-corrected chi connectivity index (χ4v) is 8.05. The molecule has 0 unspecified atom stereocenters. The van der Waals surface area contributed by atoms with Crippen molar-refractivity contribution in [1.29, 1.82) is 0 Å². The van der Waals surface area contributed by atoms with Crippen molar-refractivity contribution in [2.24, 2.45) is 23.2 Å². The lowest BCUT2D eigenvalue weighted by molar-refractivity contribution is -0.149. The molecule has 4 saturated carbocycles. The molecule has 35 heavy (non-hydrogen) atoms. The van der Waals surface area contributed by atoms with Crippen LogP contribution in [-0.4, -0.2) is 72.8 Å². The topological polar surface area (TPSA) is 73.0 Å². The summed E-state index contributed by atoms with van der Waals surface area (Å²) in [5.41, 5.74) is 0.981. The molecular weight excluding hydrogens is 440 g/mol. The van der Waals surface area contributed by atoms with E-state index in [1.54, 1.807) is 0 Å². The molecule has 1 aromatic carbocycles.